The number of carbonyl (C=O) groups excluding carboxylic acids is 3. The zero-order valence-corrected chi connectivity index (χ0v) is 23.8. The number of aryl methyl sites for hydroxylation is 2. The van der Waals surface area contributed by atoms with E-state index in [1.165, 1.54) is 24.3 Å². The summed E-state index contributed by atoms with van der Waals surface area (Å²) in [5, 5.41) is 2.24. The lowest BCUT2D eigenvalue weighted by Crippen LogP contribution is -2.54. The Kier molecular flexibility index (Phi) is 8.71. The molecule has 0 bridgehead atoms. The van der Waals surface area contributed by atoms with Crippen molar-refractivity contribution in [1.29, 1.82) is 0 Å². The van der Waals surface area contributed by atoms with E-state index in [0.29, 0.717) is 46.2 Å². The Hall–Kier alpha value is -4.11. The van der Waals surface area contributed by atoms with Crippen LogP contribution < -0.4 is 24.4 Å². The predicted molar refractivity (Wildman–Crippen MR) is 152 cm³/mol. The molecule has 4 rings (SSSR count). The largest absolute Gasteiger partial charge is 0.494 e. The maximum absolute atomic E-state index is 13.3. The predicted octanol–water partition coefficient (Wildman–Crippen LogP) is 6.11. The van der Waals surface area contributed by atoms with E-state index in [0.717, 1.165) is 16.9 Å². The Morgan fingerprint density at radius 2 is 1.69 bits per heavy atom. The van der Waals surface area contributed by atoms with Crippen molar-refractivity contribution < 1.29 is 28.6 Å². The third-order valence-corrected chi connectivity index (χ3v) is 6.78. The summed E-state index contributed by atoms with van der Waals surface area (Å²) in [5.74, 6) is -0.00155. The number of urea groups is 1. The van der Waals surface area contributed by atoms with Crippen LogP contribution in [0, 0.1) is 13.8 Å². The Labute approximate surface area is 235 Å². The van der Waals surface area contributed by atoms with Crippen LogP contribution in [-0.4, -0.2) is 31.6 Å². The Morgan fingerprint density at radius 1 is 0.949 bits per heavy atom. The van der Waals surface area contributed by atoms with E-state index in [1.807, 2.05) is 26.0 Å². The average Bonchev–Trinajstić information content (AvgIpc) is 2.91. The maximum atomic E-state index is 13.3. The van der Waals surface area contributed by atoms with Crippen molar-refractivity contribution in [3.8, 4) is 17.2 Å². The highest BCUT2D eigenvalue weighted by Crippen LogP contribution is 2.38. The summed E-state index contributed by atoms with van der Waals surface area (Å²) in [4.78, 5) is 39.4. The first kappa shape index (κ1) is 27.9. The minimum Gasteiger partial charge on any atom is -0.494 e. The van der Waals surface area contributed by atoms with Gasteiger partial charge in [-0.1, -0.05) is 25.1 Å². The summed E-state index contributed by atoms with van der Waals surface area (Å²) in [6, 6.07) is 15.2. The third-order valence-electron chi connectivity index (χ3n) is 6.19. The molecule has 1 aliphatic rings. The van der Waals surface area contributed by atoms with Gasteiger partial charge in [-0.05, 0) is 101 Å². The number of benzene rings is 3. The van der Waals surface area contributed by atoms with E-state index in [2.05, 4.69) is 34.2 Å². The van der Waals surface area contributed by atoms with Gasteiger partial charge in [0.25, 0.3) is 11.8 Å². The molecule has 0 saturated carbocycles. The number of anilines is 1. The first-order valence-electron chi connectivity index (χ1n) is 12.4. The number of halogens is 1. The number of imide groups is 2. The molecule has 3 aromatic carbocycles. The minimum atomic E-state index is -0.821. The van der Waals surface area contributed by atoms with Gasteiger partial charge >= 0.3 is 6.03 Å². The maximum Gasteiger partial charge on any atom is 0.335 e. The van der Waals surface area contributed by atoms with Gasteiger partial charge < -0.3 is 14.2 Å². The normalized spacial score (nSPS) is 14.4. The molecular weight excluding hydrogens is 564 g/mol. The highest BCUT2D eigenvalue weighted by atomic mass is 79.9. The van der Waals surface area contributed by atoms with E-state index in [9.17, 15) is 14.4 Å². The van der Waals surface area contributed by atoms with Gasteiger partial charge in [-0.25, -0.2) is 9.69 Å². The molecule has 1 fully saturated rings. The molecule has 9 heteroatoms. The van der Waals surface area contributed by atoms with Crippen LogP contribution in [0.25, 0.3) is 6.08 Å². The third kappa shape index (κ3) is 6.31. The summed E-state index contributed by atoms with van der Waals surface area (Å²) in [5.41, 5.74) is 4.01. The summed E-state index contributed by atoms with van der Waals surface area (Å²) >= 11 is 3.52. The quantitative estimate of drug-likeness (QED) is 0.238. The van der Waals surface area contributed by atoms with Gasteiger partial charge in [0, 0.05) is 0 Å². The van der Waals surface area contributed by atoms with Crippen molar-refractivity contribution in [3.63, 3.8) is 0 Å². The fraction of sp³-hybridized carbons (Fsp3) is 0.233. The van der Waals surface area contributed by atoms with Crippen LogP contribution in [-0.2, 0) is 16.2 Å². The number of rotatable bonds is 9. The Morgan fingerprint density at radius 3 is 2.36 bits per heavy atom. The van der Waals surface area contributed by atoms with Crippen LogP contribution in [0.1, 0.15) is 35.6 Å². The molecule has 8 nitrogen and oxygen atoms in total. The highest BCUT2D eigenvalue weighted by Gasteiger charge is 2.37. The lowest BCUT2D eigenvalue weighted by molar-refractivity contribution is -0.122. The fourth-order valence-electron chi connectivity index (χ4n) is 3.98. The van der Waals surface area contributed by atoms with E-state index in [4.69, 9.17) is 14.2 Å². The van der Waals surface area contributed by atoms with E-state index in [1.54, 1.807) is 36.4 Å². The number of hydrogen-bond acceptors (Lipinski definition) is 6. The second kappa shape index (κ2) is 12.2. The molecule has 0 aliphatic carbocycles. The lowest BCUT2D eigenvalue weighted by atomic mass is 10.1. The van der Waals surface area contributed by atoms with Crippen molar-refractivity contribution in [2.45, 2.75) is 33.8 Å². The average molecular weight is 593 g/mol. The van der Waals surface area contributed by atoms with Crippen LogP contribution in [0.3, 0.4) is 0 Å². The molecule has 1 N–H and O–H groups in total. The smallest absolute Gasteiger partial charge is 0.335 e. The number of hydrogen-bond donors (Lipinski definition) is 1. The van der Waals surface area contributed by atoms with Crippen molar-refractivity contribution in [3.05, 3.63) is 86.9 Å². The lowest BCUT2D eigenvalue weighted by Gasteiger charge is -2.26. The van der Waals surface area contributed by atoms with E-state index >= 15 is 0 Å². The number of barbiturate groups is 1. The Balaban J connectivity index is 1.59. The number of carbonyl (C=O) groups is 3. The molecule has 0 spiro atoms. The molecule has 4 amide bonds. The van der Waals surface area contributed by atoms with Gasteiger partial charge in [0.1, 0.15) is 17.9 Å². The van der Waals surface area contributed by atoms with Gasteiger partial charge in [-0.3, -0.25) is 14.9 Å². The summed E-state index contributed by atoms with van der Waals surface area (Å²) in [7, 11) is 1.51. The van der Waals surface area contributed by atoms with Crippen LogP contribution in [0.5, 0.6) is 17.2 Å². The molecule has 0 aromatic heterocycles. The standard InChI is InChI=1S/C30H29BrN2O6/c1-5-12-38-23-10-8-22(9-11-23)33-29(35)24(28(34)32-30(33)36)14-21-15-25(31)27(26(16-21)37-4)39-17-20-7-6-18(2)19(3)13-20/h6-11,13-16H,5,12,17H2,1-4H3,(H,32,34,36)/b24-14-. The molecule has 39 heavy (non-hydrogen) atoms. The van der Waals surface area contributed by atoms with Crippen molar-refractivity contribution in [1.82, 2.24) is 5.32 Å². The zero-order valence-electron chi connectivity index (χ0n) is 22.2. The number of amides is 4. The number of ether oxygens (including phenoxy) is 3. The van der Waals surface area contributed by atoms with Crippen LogP contribution in [0.2, 0.25) is 0 Å². The minimum absolute atomic E-state index is 0.196. The van der Waals surface area contributed by atoms with Gasteiger partial charge in [0.2, 0.25) is 0 Å². The highest BCUT2D eigenvalue weighted by molar-refractivity contribution is 9.10. The van der Waals surface area contributed by atoms with Gasteiger partial charge in [-0.15, -0.1) is 0 Å². The first-order valence-corrected chi connectivity index (χ1v) is 13.2. The molecule has 0 atom stereocenters. The monoisotopic (exact) mass is 592 g/mol. The zero-order chi connectivity index (χ0) is 28.1. The van der Waals surface area contributed by atoms with Crippen LogP contribution in [0.15, 0.2) is 64.6 Å². The first-order chi connectivity index (χ1) is 18.7. The molecule has 3 aromatic rings. The fourth-order valence-corrected chi connectivity index (χ4v) is 4.56. The summed E-state index contributed by atoms with van der Waals surface area (Å²) in [6.45, 7) is 6.98. The molecule has 1 aliphatic heterocycles. The second-order valence-electron chi connectivity index (χ2n) is 9.04. The summed E-state index contributed by atoms with van der Waals surface area (Å²) in [6.07, 6.45) is 2.27. The summed E-state index contributed by atoms with van der Waals surface area (Å²) < 4.78 is 17.7. The molecule has 1 saturated heterocycles. The second-order valence-corrected chi connectivity index (χ2v) is 9.90. The molecule has 202 valence electrons. The van der Waals surface area contributed by atoms with Crippen molar-refractivity contribution >= 4 is 45.5 Å². The molecule has 0 unspecified atom stereocenters. The number of nitrogens with zero attached hydrogens (tertiary/aromatic N) is 1. The molecular formula is C30H29BrN2O6. The van der Waals surface area contributed by atoms with Gasteiger partial charge in [-0.2, -0.15) is 0 Å². The Bertz CT molecular complexity index is 1450. The number of nitrogens with one attached hydrogen (secondary N) is 1. The van der Waals surface area contributed by atoms with Gasteiger partial charge in [0.05, 0.1) is 23.9 Å². The van der Waals surface area contributed by atoms with Crippen LogP contribution >= 0.6 is 15.9 Å². The topological polar surface area (TPSA) is 94.2 Å². The van der Waals surface area contributed by atoms with E-state index in [-0.39, 0.29) is 5.57 Å². The van der Waals surface area contributed by atoms with Crippen molar-refractivity contribution in [2.24, 2.45) is 0 Å². The van der Waals surface area contributed by atoms with Crippen LogP contribution in [0.4, 0.5) is 10.5 Å². The molecule has 1 heterocycles. The SMILES string of the molecule is CCCOc1ccc(N2C(=O)NC(=O)/C(=C/c3cc(Br)c(OCc4ccc(C)c(C)c4)c(OC)c3)C2=O)cc1. The van der Waals surface area contributed by atoms with Crippen molar-refractivity contribution in [2.75, 3.05) is 18.6 Å². The number of methoxy groups -OCH3 is 1. The molecule has 0 radical (unpaired) electrons. The van der Waals surface area contributed by atoms with Gasteiger partial charge in [0.15, 0.2) is 11.5 Å². The van der Waals surface area contributed by atoms with E-state index < -0.39 is 17.8 Å².